The number of nitrogen functional groups attached to an aromatic ring is 1. The molecule has 0 aliphatic heterocycles. The lowest BCUT2D eigenvalue weighted by Gasteiger charge is -2.20. The van der Waals surface area contributed by atoms with Crippen LogP contribution >= 0.6 is 0 Å². The predicted molar refractivity (Wildman–Crippen MR) is 102 cm³/mol. The average Bonchev–Trinajstić information content (AvgIpc) is 3.14. The van der Waals surface area contributed by atoms with Gasteiger partial charge in [0, 0.05) is 60.6 Å². The molecule has 0 fully saturated rings. The second-order valence-corrected chi connectivity index (χ2v) is 6.07. The minimum atomic E-state index is -0.0129. The molecule has 0 saturated carbocycles. The molecule has 0 spiro atoms. The second-order valence-electron chi connectivity index (χ2n) is 6.07. The van der Waals surface area contributed by atoms with E-state index in [1.165, 1.54) is 0 Å². The molecule has 0 radical (unpaired) electrons. The zero-order valence-electron chi connectivity index (χ0n) is 15.1. The number of pyridine rings is 1. The van der Waals surface area contributed by atoms with E-state index in [9.17, 15) is 4.79 Å². The van der Waals surface area contributed by atoms with Crippen molar-refractivity contribution in [3.8, 4) is 11.1 Å². The minimum Gasteiger partial charge on any atom is -0.398 e. The Morgan fingerprint density at radius 1 is 1.23 bits per heavy atom. The van der Waals surface area contributed by atoms with Crippen LogP contribution in [0.2, 0.25) is 0 Å². The van der Waals surface area contributed by atoms with Gasteiger partial charge in [-0.15, -0.1) is 0 Å². The summed E-state index contributed by atoms with van der Waals surface area (Å²) in [5.41, 5.74) is 10.1. The minimum absolute atomic E-state index is 0.0129. The molecule has 6 nitrogen and oxygen atoms in total. The van der Waals surface area contributed by atoms with Gasteiger partial charge in [-0.05, 0) is 37.6 Å². The number of aromatic nitrogens is 3. The molecule has 0 atom stereocenters. The first-order chi connectivity index (χ1) is 12.6. The van der Waals surface area contributed by atoms with Crippen LogP contribution in [0.25, 0.3) is 11.1 Å². The SMILES string of the molecule is CCN(Cc1cnn(CC)c1)C(=O)c1cccc(-c2cnccc2N)c1. The van der Waals surface area contributed by atoms with Gasteiger partial charge >= 0.3 is 0 Å². The maximum atomic E-state index is 13.0. The Labute approximate surface area is 153 Å². The zero-order valence-corrected chi connectivity index (χ0v) is 15.1. The van der Waals surface area contributed by atoms with E-state index in [0.29, 0.717) is 24.3 Å². The van der Waals surface area contributed by atoms with Crippen LogP contribution in [0.1, 0.15) is 29.8 Å². The van der Waals surface area contributed by atoms with Gasteiger partial charge in [-0.2, -0.15) is 5.10 Å². The van der Waals surface area contributed by atoms with Gasteiger partial charge in [0.05, 0.1) is 6.20 Å². The van der Waals surface area contributed by atoms with E-state index in [1.807, 2.05) is 60.1 Å². The number of aryl methyl sites for hydroxylation is 1. The molecule has 1 amide bonds. The van der Waals surface area contributed by atoms with E-state index in [2.05, 4.69) is 10.1 Å². The summed E-state index contributed by atoms with van der Waals surface area (Å²) in [7, 11) is 0. The highest BCUT2D eigenvalue weighted by Crippen LogP contribution is 2.25. The van der Waals surface area contributed by atoms with Crippen molar-refractivity contribution in [1.82, 2.24) is 19.7 Å². The largest absolute Gasteiger partial charge is 0.398 e. The van der Waals surface area contributed by atoms with Crippen LogP contribution in [0.4, 0.5) is 5.69 Å². The fraction of sp³-hybridized carbons (Fsp3) is 0.250. The molecule has 0 saturated heterocycles. The summed E-state index contributed by atoms with van der Waals surface area (Å²) in [5, 5.41) is 4.28. The van der Waals surface area contributed by atoms with E-state index in [1.54, 1.807) is 18.5 Å². The molecule has 1 aromatic carbocycles. The number of carbonyl (C=O) groups excluding carboxylic acids is 1. The van der Waals surface area contributed by atoms with Crippen molar-refractivity contribution >= 4 is 11.6 Å². The van der Waals surface area contributed by atoms with Gasteiger partial charge < -0.3 is 10.6 Å². The summed E-state index contributed by atoms with van der Waals surface area (Å²) in [6.45, 7) is 5.99. The van der Waals surface area contributed by atoms with Crippen molar-refractivity contribution in [1.29, 1.82) is 0 Å². The van der Waals surface area contributed by atoms with Crippen LogP contribution in [-0.2, 0) is 13.1 Å². The summed E-state index contributed by atoms with van der Waals surface area (Å²) in [4.78, 5) is 18.9. The molecule has 0 aliphatic rings. The molecular weight excluding hydrogens is 326 g/mol. The first-order valence-electron chi connectivity index (χ1n) is 8.73. The normalized spacial score (nSPS) is 10.7. The molecule has 0 bridgehead atoms. The highest BCUT2D eigenvalue weighted by Gasteiger charge is 2.16. The first kappa shape index (κ1) is 17.7. The number of nitrogens with two attached hydrogens (primary N) is 1. The third-order valence-corrected chi connectivity index (χ3v) is 4.33. The summed E-state index contributed by atoms with van der Waals surface area (Å²) >= 11 is 0. The van der Waals surface area contributed by atoms with Crippen molar-refractivity contribution in [2.75, 3.05) is 12.3 Å². The van der Waals surface area contributed by atoms with E-state index >= 15 is 0 Å². The van der Waals surface area contributed by atoms with Crippen LogP contribution in [0.15, 0.2) is 55.1 Å². The molecule has 26 heavy (non-hydrogen) atoms. The Kier molecular flexibility index (Phi) is 5.31. The van der Waals surface area contributed by atoms with Crippen LogP contribution in [0, 0.1) is 0 Å². The van der Waals surface area contributed by atoms with Gasteiger partial charge in [-0.1, -0.05) is 12.1 Å². The molecule has 2 N–H and O–H groups in total. The van der Waals surface area contributed by atoms with Gasteiger partial charge in [-0.25, -0.2) is 0 Å². The van der Waals surface area contributed by atoms with Crippen molar-refractivity contribution in [2.24, 2.45) is 0 Å². The zero-order chi connectivity index (χ0) is 18.5. The van der Waals surface area contributed by atoms with Crippen molar-refractivity contribution < 1.29 is 4.79 Å². The van der Waals surface area contributed by atoms with Crippen molar-refractivity contribution in [3.05, 3.63) is 66.2 Å². The molecule has 134 valence electrons. The molecule has 3 aromatic rings. The Morgan fingerprint density at radius 2 is 2.08 bits per heavy atom. The summed E-state index contributed by atoms with van der Waals surface area (Å²) in [5.74, 6) is -0.0129. The van der Waals surface area contributed by atoms with Gasteiger partial charge in [0.15, 0.2) is 0 Å². The van der Waals surface area contributed by atoms with Gasteiger partial charge in [-0.3, -0.25) is 14.5 Å². The van der Waals surface area contributed by atoms with Gasteiger partial charge in [0.2, 0.25) is 0 Å². The molecule has 0 unspecified atom stereocenters. The Bertz CT molecular complexity index is 902. The lowest BCUT2D eigenvalue weighted by molar-refractivity contribution is 0.0752. The standard InChI is InChI=1S/C20H23N5O/c1-3-24(13-15-11-23-25(4-2)14-15)20(26)17-7-5-6-16(10-17)18-12-22-9-8-19(18)21/h5-12,14H,3-4,13H2,1-2H3,(H2,21,22). The van der Waals surface area contributed by atoms with Crippen molar-refractivity contribution in [2.45, 2.75) is 26.9 Å². The molecular formula is C20H23N5O. The number of hydrogen-bond donors (Lipinski definition) is 1. The molecule has 6 heteroatoms. The maximum absolute atomic E-state index is 13.0. The molecule has 0 aliphatic carbocycles. The summed E-state index contributed by atoms with van der Waals surface area (Å²) < 4.78 is 1.86. The lowest BCUT2D eigenvalue weighted by atomic mass is 10.0. The number of anilines is 1. The van der Waals surface area contributed by atoms with Crippen LogP contribution < -0.4 is 5.73 Å². The highest BCUT2D eigenvalue weighted by atomic mass is 16.2. The number of carbonyl (C=O) groups is 1. The Balaban J connectivity index is 1.84. The van der Waals surface area contributed by atoms with E-state index in [-0.39, 0.29) is 5.91 Å². The van der Waals surface area contributed by atoms with Crippen LogP contribution in [0.3, 0.4) is 0 Å². The monoisotopic (exact) mass is 349 g/mol. The Hall–Kier alpha value is -3.15. The second kappa shape index (κ2) is 7.82. The fourth-order valence-corrected chi connectivity index (χ4v) is 2.86. The topological polar surface area (TPSA) is 77.0 Å². The fourth-order valence-electron chi connectivity index (χ4n) is 2.86. The summed E-state index contributed by atoms with van der Waals surface area (Å²) in [6, 6.07) is 9.27. The number of nitrogens with zero attached hydrogens (tertiary/aromatic N) is 4. The maximum Gasteiger partial charge on any atom is 0.254 e. The highest BCUT2D eigenvalue weighted by molar-refractivity contribution is 5.95. The number of benzene rings is 1. The van der Waals surface area contributed by atoms with E-state index < -0.39 is 0 Å². The number of hydrogen-bond acceptors (Lipinski definition) is 4. The van der Waals surface area contributed by atoms with E-state index in [0.717, 1.165) is 23.2 Å². The predicted octanol–water partition coefficient (Wildman–Crippen LogP) is 3.21. The lowest BCUT2D eigenvalue weighted by Crippen LogP contribution is -2.30. The quantitative estimate of drug-likeness (QED) is 0.741. The smallest absolute Gasteiger partial charge is 0.254 e. The third-order valence-electron chi connectivity index (χ3n) is 4.33. The van der Waals surface area contributed by atoms with Crippen molar-refractivity contribution in [3.63, 3.8) is 0 Å². The molecule has 3 rings (SSSR count). The van der Waals surface area contributed by atoms with Gasteiger partial charge in [0.1, 0.15) is 0 Å². The van der Waals surface area contributed by atoms with Gasteiger partial charge in [0.25, 0.3) is 5.91 Å². The molecule has 2 heterocycles. The Morgan fingerprint density at radius 3 is 2.77 bits per heavy atom. The third kappa shape index (κ3) is 3.74. The number of amides is 1. The summed E-state index contributed by atoms with van der Waals surface area (Å²) in [6.07, 6.45) is 7.16. The van der Waals surface area contributed by atoms with Crippen LogP contribution in [-0.4, -0.2) is 32.1 Å². The van der Waals surface area contributed by atoms with Crippen LogP contribution in [0.5, 0.6) is 0 Å². The number of rotatable bonds is 6. The average molecular weight is 349 g/mol. The van der Waals surface area contributed by atoms with E-state index in [4.69, 9.17) is 5.73 Å². The first-order valence-corrected chi connectivity index (χ1v) is 8.73. The molecule has 2 aromatic heterocycles.